The zero-order valence-corrected chi connectivity index (χ0v) is 19.1. The van der Waals surface area contributed by atoms with Crippen molar-refractivity contribution in [1.29, 1.82) is 0 Å². The van der Waals surface area contributed by atoms with Gasteiger partial charge in [-0.1, -0.05) is 30.8 Å². The minimum atomic E-state index is -3.85. The van der Waals surface area contributed by atoms with Crippen LogP contribution >= 0.6 is 11.8 Å². The first-order valence-electron chi connectivity index (χ1n) is 9.95. The quantitative estimate of drug-likeness (QED) is 0.341. The number of thioether (sulfide) groups is 1. The predicted molar refractivity (Wildman–Crippen MR) is 117 cm³/mol. The average Bonchev–Trinajstić information content (AvgIpc) is 2.78. The molecule has 9 nitrogen and oxygen atoms in total. The largest absolute Gasteiger partial charge is 0.477 e. The lowest BCUT2D eigenvalue weighted by Gasteiger charge is -2.26. The highest BCUT2D eigenvalue weighted by molar-refractivity contribution is 7.98. The summed E-state index contributed by atoms with van der Waals surface area (Å²) in [5, 5.41) is 12.4. The number of hydrogen-bond donors (Lipinski definition) is 3. The van der Waals surface area contributed by atoms with Crippen molar-refractivity contribution in [2.24, 2.45) is 5.92 Å². The van der Waals surface area contributed by atoms with Crippen LogP contribution in [0.15, 0.2) is 29.4 Å². The van der Waals surface area contributed by atoms with Crippen LogP contribution < -0.4 is 14.8 Å². The van der Waals surface area contributed by atoms with Crippen molar-refractivity contribution in [1.82, 2.24) is 19.6 Å². The van der Waals surface area contributed by atoms with Gasteiger partial charge in [0.05, 0.1) is 6.61 Å². The molecule has 1 saturated heterocycles. The lowest BCUT2D eigenvalue weighted by Crippen LogP contribution is -2.48. The Morgan fingerprint density at radius 1 is 1.31 bits per heavy atom. The molecule has 32 heavy (non-hydrogen) atoms. The molecule has 0 aliphatic carbocycles. The standard InChI is InChI=1S/C19H25F2N5O4S2/c1-13(10-27)11-30-17-9-16(25-32(28,29)26-7-5-22-6-8-26)23-19(24-17)31-12-14-3-2-4-15(20)18(14)21/h2-4,9,13,22,27H,5-8,10-12H2,1H3,(H,23,24,25)/t13-/m1/s1. The Morgan fingerprint density at radius 3 is 2.78 bits per heavy atom. The zero-order chi connectivity index (χ0) is 23.1. The number of anilines is 1. The van der Waals surface area contributed by atoms with Gasteiger partial charge in [0.2, 0.25) is 5.88 Å². The van der Waals surface area contributed by atoms with Crippen molar-refractivity contribution in [2.75, 3.05) is 44.1 Å². The topological polar surface area (TPSA) is 117 Å². The Balaban J connectivity index is 1.80. The summed E-state index contributed by atoms with van der Waals surface area (Å²) in [5.74, 6) is -1.95. The molecule has 0 unspecified atom stereocenters. The van der Waals surface area contributed by atoms with Crippen molar-refractivity contribution in [3.05, 3.63) is 41.5 Å². The number of benzene rings is 1. The third kappa shape index (κ3) is 6.72. The maximum absolute atomic E-state index is 14.0. The molecule has 1 fully saturated rings. The molecule has 1 aromatic carbocycles. The van der Waals surface area contributed by atoms with Gasteiger partial charge in [-0.05, 0) is 6.07 Å². The summed E-state index contributed by atoms with van der Waals surface area (Å²) in [6.07, 6.45) is 0. The fourth-order valence-electron chi connectivity index (χ4n) is 2.76. The van der Waals surface area contributed by atoms with Gasteiger partial charge in [-0.2, -0.15) is 17.7 Å². The Morgan fingerprint density at radius 2 is 2.06 bits per heavy atom. The van der Waals surface area contributed by atoms with Gasteiger partial charge in [0.15, 0.2) is 16.8 Å². The van der Waals surface area contributed by atoms with Crippen LogP contribution in [0.5, 0.6) is 5.88 Å². The molecule has 13 heteroatoms. The Bertz CT molecular complexity index is 1020. The molecular weight excluding hydrogens is 464 g/mol. The highest BCUT2D eigenvalue weighted by Crippen LogP contribution is 2.26. The van der Waals surface area contributed by atoms with Gasteiger partial charge < -0.3 is 15.2 Å². The van der Waals surface area contributed by atoms with Gasteiger partial charge in [-0.3, -0.25) is 4.72 Å². The predicted octanol–water partition coefficient (Wildman–Crippen LogP) is 1.62. The molecule has 176 valence electrons. The molecule has 3 N–H and O–H groups in total. The number of halogens is 2. The molecule has 0 spiro atoms. The number of ether oxygens (including phenoxy) is 1. The summed E-state index contributed by atoms with van der Waals surface area (Å²) in [5.41, 5.74) is 0.127. The van der Waals surface area contributed by atoms with Gasteiger partial charge in [0.25, 0.3) is 0 Å². The van der Waals surface area contributed by atoms with Crippen LogP contribution in [0, 0.1) is 17.6 Å². The molecule has 1 aliphatic heterocycles. The SMILES string of the molecule is C[C@H](CO)COc1cc(NS(=O)(=O)N2CCNCC2)nc(SCc2cccc(F)c2F)n1. The highest BCUT2D eigenvalue weighted by Gasteiger charge is 2.25. The lowest BCUT2D eigenvalue weighted by molar-refractivity contribution is 0.170. The van der Waals surface area contributed by atoms with E-state index < -0.39 is 21.8 Å². The van der Waals surface area contributed by atoms with E-state index in [-0.39, 0.29) is 47.3 Å². The summed E-state index contributed by atoms with van der Waals surface area (Å²) in [4.78, 5) is 8.42. The van der Waals surface area contributed by atoms with E-state index in [1.165, 1.54) is 22.5 Å². The van der Waals surface area contributed by atoms with Crippen LogP contribution in [0.1, 0.15) is 12.5 Å². The normalized spacial score (nSPS) is 16.0. The van der Waals surface area contributed by atoms with Gasteiger partial charge in [0.1, 0.15) is 5.82 Å². The summed E-state index contributed by atoms with van der Waals surface area (Å²) in [6, 6.07) is 5.22. The van der Waals surface area contributed by atoms with E-state index >= 15 is 0 Å². The maximum atomic E-state index is 14.0. The summed E-state index contributed by atoms with van der Waals surface area (Å²) in [7, 11) is -3.85. The number of rotatable bonds is 10. The maximum Gasteiger partial charge on any atom is 0.302 e. The van der Waals surface area contributed by atoms with Gasteiger partial charge in [-0.15, -0.1) is 0 Å². The van der Waals surface area contributed by atoms with E-state index in [2.05, 4.69) is 20.0 Å². The van der Waals surface area contributed by atoms with Crippen LogP contribution in [0.25, 0.3) is 0 Å². The molecule has 0 radical (unpaired) electrons. The highest BCUT2D eigenvalue weighted by atomic mass is 32.2. The average molecular weight is 490 g/mol. The third-order valence-corrected chi connectivity index (χ3v) is 6.96. The second-order valence-corrected chi connectivity index (χ2v) is 9.84. The van der Waals surface area contributed by atoms with E-state index in [0.29, 0.717) is 26.2 Å². The molecule has 1 aromatic heterocycles. The molecular formula is C19H25F2N5O4S2. The van der Waals surface area contributed by atoms with Crippen molar-refractivity contribution < 1.29 is 27.0 Å². The minimum absolute atomic E-state index is 0.00704. The van der Waals surface area contributed by atoms with E-state index in [0.717, 1.165) is 17.8 Å². The number of nitrogens with one attached hydrogen (secondary N) is 2. The summed E-state index contributed by atoms with van der Waals surface area (Å²) >= 11 is 1.01. The Hall–Kier alpha value is -2.06. The van der Waals surface area contributed by atoms with Crippen LogP contribution in [0.2, 0.25) is 0 Å². The fraction of sp³-hybridized carbons (Fsp3) is 0.474. The Kier molecular flexibility index (Phi) is 8.59. The molecule has 0 saturated carbocycles. The second-order valence-electron chi connectivity index (χ2n) is 7.23. The lowest BCUT2D eigenvalue weighted by atomic mass is 10.2. The van der Waals surface area contributed by atoms with Gasteiger partial charge in [0, 0.05) is 56.1 Å². The molecule has 1 atom stereocenters. The smallest absolute Gasteiger partial charge is 0.302 e. The van der Waals surface area contributed by atoms with Crippen molar-refractivity contribution in [3.8, 4) is 5.88 Å². The van der Waals surface area contributed by atoms with E-state index in [9.17, 15) is 22.3 Å². The number of piperazine rings is 1. The summed E-state index contributed by atoms with van der Waals surface area (Å²) < 4.78 is 62.1. The molecule has 0 amide bonds. The van der Waals surface area contributed by atoms with E-state index in [4.69, 9.17) is 4.74 Å². The molecule has 3 rings (SSSR count). The Labute approximate surface area is 189 Å². The molecule has 0 bridgehead atoms. The van der Waals surface area contributed by atoms with Crippen molar-refractivity contribution >= 4 is 27.8 Å². The van der Waals surface area contributed by atoms with Crippen molar-refractivity contribution in [2.45, 2.75) is 17.8 Å². The molecule has 1 aliphatic rings. The monoisotopic (exact) mass is 489 g/mol. The van der Waals surface area contributed by atoms with Crippen LogP contribution in [0.3, 0.4) is 0 Å². The van der Waals surface area contributed by atoms with E-state index in [1.54, 1.807) is 6.92 Å². The third-order valence-electron chi connectivity index (χ3n) is 4.55. The minimum Gasteiger partial charge on any atom is -0.477 e. The summed E-state index contributed by atoms with van der Waals surface area (Å²) in [6.45, 7) is 3.55. The van der Waals surface area contributed by atoms with Crippen molar-refractivity contribution in [3.63, 3.8) is 0 Å². The first-order valence-corrected chi connectivity index (χ1v) is 12.4. The van der Waals surface area contributed by atoms with Crippen LogP contribution in [-0.2, 0) is 16.0 Å². The van der Waals surface area contributed by atoms with E-state index in [1.807, 2.05) is 0 Å². The van der Waals surface area contributed by atoms with Crippen LogP contribution in [0.4, 0.5) is 14.6 Å². The zero-order valence-electron chi connectivity index (χ0n) is 17.4. The first-order chi connectivity index (χ1) is 15.3. The first kappa shape index (κ1) is 24.6. The second kappa shape index (κ2) is 11.2. The molecule has 2 heterocycles. The number of aliphatic hydroxyl groups excluding tert-OH is 1. The fourth-order valence-corrected chi connectivity index (χ4v) is 4.74. The molecule has 2 aromatic rings. The van der Waals surface area contributed by atoms with Gasteiger partial charge in [-0.25, -0.2) is 13.8 Å². The number of aliphatic hydroxyl groups is 1. The van der Waals surface area contributed by atoms with Gasteiger partial charge >= 0.3 is 10.2 Å². The number of nitrogens with zero attached hydrogens (tertiary/aromatic N) is 3. The van der Waals surface area contributed by atoms with Crippen LogP contribution in [-0.4, -0.2) is 67.2 Å². The number of hydrogen-bond acceptors (Lipinski definition) is 8. The number of aromatic nitrogens is 2.